The molecule has 1 aromatic rings. The summed E-state index contributed by atoms with van der Waals surface area (Å²) in [5.74, 6) is -0.552. The molecule has 0 heterocycles. The second-order valence-corrected chi connectivity index (χ2v) is 8.75. The van der Waals surface area contributed by atoms with E-state index < -0.39 is 11.0 Å². The van der Waals surface area contributed by atoms with Gasteiger partial charge >= 0.3 is 5.97 Å². The van der Waals surface area contributed by atoms with Crippen LogP contribution in [0.3, 0.4) is 0 Å². The highest BCUT2D eigenvalue weighted by Crippen LogP contribution is 2.54. The van der Waals surface area contributed by atoms with Crippen molar-refractivity contribution in [1.29, 1.82) is 0 Å². The quantitative estimate of drug-likeness (QED) is 0.602. The molecule has 0 amide bonds. The molecule has 2 rings (SSSR count). The summed E-state index contributed by atoms with van der Waals surface area (Å²) in [7, 11) is 0. The Hall–Kier alpha value is -1.64. The maximum Gasteiger partial charge on any atom is 0.313 e. The molecule has 1 aromatic carbocycles. The van der Waals surface area contributed by atoms with E-state index in [9.17, 15) is 9.59 Å². The highest BCUT2D eigenvalue weighted by Gasteiger charge is 2.56. The highest BCUT2D eigenvalue weighted by atomic mass is 16.6. The van der Waals surface area contributed by atoms with Crippen molar-refractivity contribution < 1.29 is 14.3 Å². The smallest absolute Gasteiger partial charge is 0.313 e. The molecule has 1 saturated carbocycles. The van der Waals surface area contributed by atoms with Crippen LogP contribution in [0, 0.1) is 16.7 Å². The SMILES string of the molecule is CC1(C)C[C@H](C(=O)c2ccccc2)[C@@](C)(C(=O)OC(C)(C)C)C1. The van der Waals surface area contributed by atoms with E-state index in [4.69, 9.17) is 4.74 Å². The summed E-state index contributed by atoms with van der Waals surface area (Å²) in [4.78, 5) is 25.9. The van der Waals surface area contributed by atoms with E-state index >= 15 is 0 Å². The molecule has 1 aliphatic carbocycles. The number of carbonyl (C=O) groups excluding carboxylic acids is 2. The molecule has 0 radical (unpaired) electrons. The van der Waals surface area contributed by atoms with Gasteiger partial charge in [-0.05, 0) is 46.0 Å². The van der Waals surface area contributed by atoms with Crippen LogP contribution in [0.4, 0.5) is 0 Å². The van der Waals surface area contributed by atoms with E-state index in [0.29, 0.717) is 18.4 Å². The molecule has 0 N–H and O–H groups in total. The van der Waals surface area contributed by atoms with Crippen LogP contribution in [-0.4, -0.2) is 17.4 Å². The van der Waals surface area contributed by atoms with Gasteiger partial charge in [-0.15, -0.1) is 0 Å². The molecule has 23 heavy (non-hydrogen) atoms. The average Bonchev–Trinajstić information content (AvgIpc) is 2.68. The first-order valence-corrected chi connectivity index (χ1v) is 8.27. The molecule has 3 heteroatoms. The van der Waals surface area contributed by atoms with Crippen molar-refractivity contribution in [3.8, 4) is 0 Å². The highest BCUT2D eigenvalue weighted by molar-refractivity contribution is 6.01. The third-order valence-corrected chi connectivity index (χ3v) is 4.61. The lowest BCUT2D eigenvalue weighted by Gasteiger charge is -2.32. The summed E-state index contributed by atoms with van der Waals surface area (Å²) in [6.07, 6.45) is 1.37. The van der Waals surface area contributed by atoms with Crippen molar-refractivity contribution in [3.63, 3.8) is 0 Å². The fourth-order valence-electron chi connectivity index (χ4n) is 3.76. The van der Waals surface area contributed by atoms with Crippen molar-refractivity contribution in [2.45, 2.75) is 60.0 Å². The summed E-state index contributed by atoms with van der Waals surface area (Å²) >= 11 is 0. The minimum absolute atomic E-state index is 0.0459. The molecule has 126 valence electrons. The van der Waals surface area contributed by atoms with Crippen molar-refractivity contribution in [2.24, 2.45) is 16.7 Å². The number of hydrogen-bond acceptors (Lipinski definition) is 3. The van der Waals surface area contributed by atoms with E-state index in [1.165, 1.54) is 0 Å². The van der Waals surface area contributed by atoms with Gasteiger partial charge in [0.15, 0.2) is 5.78 Å². The molecular weight excluding hydrogens is 288 g/mol. The Balaban J connectivity index is 2.36. The molecule has 1 aliphatic rings. The van der Waals surface area contributed by atoms with Gasteiger partial charge in [0.05, 0.1) is 5.41 Å². The maximum atomic E-state index is 13.0. The summed E-state index contributed by atoms with van der Waals surface area (Å²) in [5.41, 5.74) is -0.706. The molecule has 1 fully saturated rings. The first kappa shape index (κ1) is 17.7. The Bertz CT molecular complexity index is 595. The first-order chi connectivity index (χ1) is 10.4. The van der Waals surface area contributed by atoms with Crippen molar-refractivity contribution >= 4 is 11.8 Å². The summed E-state index contributed by atoms with van der Waals surface area (Å²) < 4.78 is 5.64. The van der Waals surface area contributed by atoms with E-state index in [0.717, 1.165) is 0 Å². The Morgan fingerprint density at radius 2 is 1.65 bits per heavy atom. The van der Waals surface area contributed by atoms with Crippen molar-refractivity contribution in [1.82, 2.24) is 0 Å². The van der Waals surface area contributed by atoms with Gasteiger partial charge in [-0.1, -0.05) is 44.2 Å². The van der Waals surface area contributed by atoms with Crippen LogP contribution in [-0.2, 0) is 9.53 Å². The van der Waals surface area contributed by atoms with E-state index in [2.05, 4.69) is 13.8 Å². The largest absolute Gasteiger partial charge is 0.460 e. The number of hydrogen-bond donors (Lipinski definition) is 0. The predicted octanol–water partition coefficient (Wildman–Crippen LogP) is 4.65. The number of rotatable bonds is 3. The molecule has 0 spiro atoms. The summed E-state index contributed by atoms with van der Waals surface area (Å²) in [5, 5.41) is 0. The van der Waals surface area contributed by atoms with Crippen molar-refractivity contribution in [2.75, 3.05) is 0 Å². The number of ketones is 1. The van der Waals surface area contributed by atoms with Gasteiger partial charge in [0.25, 0.3) is 0 Å². The fraction of sp³-hybridized carbons (Fsp3) is 0.600. The monoisotopic (exact) mass is 316 g/mol. The lowest BCUT2D eigenvalue weighted by molar-refractivity contribution is -0.168. The Morgan fingerprint density at radius 1 is 1.09 bits per heavy atom. The molecule has 3 nitrogen and oxygen atoms in total. The molecule has 2 atom stereocenters. The Labute approximate surface area is 139 Å². The van der Waals surface area contributed by atoms with Crippen LogP contribution in [0.5, 0.6) is 0 Å². The van der Waals surface area contributed by atoms with Gasteiger partial charge in [-0.25, -0.2) is 0 Å². The number of esters is 1. The predicted molar refractivity (Wildman–Crippen MR) is 91.2 cm³/mol. The zero-order valence-electron chi connectivity index (χ0n) is 15.1. The maximum absolute atomic E-state index is 13.0. The van der Waals surface area contributed by atoms with Gasteiger partial charge in [-0.3, -0.25) is 9.59 Å². The normalized spacial score (nSPS) is 26.8. The van der Waals surface area contributed by atoms with Gasteiger partial charge in [0.2, 0.25) is 0 Å². The van der Waals surface area contributed by atoms with E-state index in [1.807, 2.05) is 58.0 Å². The summed E-state index contributed by atoms with van der Waals surface area (Å²) in [6.45, 7) is 11.7. The number of carbonyl (C=O) groups is 2. The van der Waals surface area contributed by atoms with Crippen molar-refractivity contribution in [3.05, 3.63) is 35.9 Å². The van der Waals surface area contributed by atoms with Gasteiger partial charge in [-0.2, -0.15) is 0 Å². The zero-order valence-corrected chi connectivity index (χ0v) is 15.1. The first-order valence-electron chi connectivity index (χ1n) is 8.27. The van der Waals surface area contributed by atoms with Gasteiger partial charge in [0.1, 0.15) is 5.60 Å². The van der Waals surface area contributed by atoms with Crippen LogP contribution >= 0.6 is 0 Å². The lowest BCUT2D eigenvalue weighted by atomic mass is 9.75. The Kier molecular flexibility index (Phi) is 4.44. The Morgan fingerprint density at radius 3 is 2.17 bits per heavy atom. The van der Waals surface area contributed by atoms with Gasteiger partial charge < -0.3 is 4.74 Å². The van der Waals surface area contributed by atoms with E-state index in [-0.39, 0.29) is 23.1 Å². The minimum atomic E-state index is -0.774. The topological polar surface area (TPSA) is 43.4 Å². The average molecular weight is 316 g/mol. The number of benzene rings is 1. The van der Waals surface area contributed by atoms with Gasteiger partial charge in [0, 0.05) is 11.5 Å². The molecule has 0 unspecified atom stereocenters. The standard InChI is InChI=1S/C20H28O3/c1-18(2,3)23-17(22)20(6)13-19(4,5)12-15(20)16(21)14-10-8-7-9-11-14/h7-11,15H,12-13H2,1-6H3/t15-,20+/m1/s1. The summed E-state index contributed by atoms with van der Waals surface area (Å²) in [6, 6.07) is 9.26. The third kappa shape index (κ3) is 3.82. The lowest BCUT2D eigenvalue weighted by Crippen LogP contribution is -2.41. The second-order valence-electron chi connectivity index (χ2n) is 8.75. The van der Waals surface area contributed by atoms with Crippen LogP contribution in [0.25, 0.3) is 0 Å². The second kappa shape index (κ2) is 5.77. The number of ether oxygens (including phenoxy) is 1. The molecule has 0 aromatic heterocycles. The molecular formula is C20H28O3. The molecule has 0 bridgehead atoms. The number of Topliss-reactive ketones (excluding diaryl/α,β-unsaturated/α-hetero) is 1. The van der Waals surface area contributed by atoms with Crippen LogP contribution in [0.2, 0.25) is 0 Å². The molecule has 0 saturated heterocycles. The molecule has 0 aliphatic heterocycles. The van der Waals surface area contributed by atoms with E-state index in [1.54, 1.807) is 0 Å². The van der Waals surface area contributed by atoms with Crippen LogP contribution in [0.15, 0.2) is 30.3 Å². The fourth-order valence-corrected chi connectivity index (χ4v) is 3.76. The van der Waals surface area contributed by atoms with Crippen LogP contribution in [0.1, 0.15) is 64.7 Å². The third-order valence-electron chi connectivity index (χ3n) is 4.61. The zero-order chi connectivity index (χ0) is 17.5. The minimum Gasteiger partial charge on any atom is -0.460 e. The van der Waals surface area contributed by atoms with Crippen LogP contribution < -0.4 is 0 Å².